The Morgan fingerprint density at radius 1 is 1.25 bits per heavy atom. The summed E-state index contributed by atoms with van der Waals surface area (Å²) in [5.41, 5.74) is 2.78. The van der Waals surface area contributed by atoms with Crippen LogP contribution in [0.4, 0.5) is 0 Å². The van der Waals surface area contributed by atoms with E-state index in [9.17, 15) is 5.11 Å². The molecule has 110 valence electrons. The van der Waals surface area contributed by atoms with Crippen LogP contribution in [0.5, 0.6) is 5.75 Å². The lowest BCUT2D eigenvalue weighted by Gasteiger charge is -2.42. The minimum absolute atomic E-state index is 0.407. The molecule has 1 aromatic rings. The maximum absolute atomic E-state index is 9.81. The van der Waals surface area contributed by atoms with Crippen molar-refractivity contribution < 1.29 is 5.11 Å². The lowest BCUT2D eigenvalue weighted by molar-refractivity contribution is 0.0905. The Morgan fingerprint density at radius 2 is 2.10 bits per heavy atom. The van der Waals surface area contributed by atoms with Crippen molar-refractivity contribution in [2.24, 2.45) is 0 Å². The number of rotatable bonds is 2. The minimum Gasteiger partial charge on any atom is -0.508 e. The van der Waals surface area contributed by atoms with Gasteiger partial charge in [-0.15, -0.1) is 0 Å². The predicted octanol–water partition coefficient (Wildman–Crippen LogP) is 2.80. The van der Waals surface area contributed by atoms with E-state index < -0.39 is 0 Å². The molecule has 1 saturated heterocycles. The van der Waals surface area contributed by atoms with E-state index in [1.54, 1.807) is 0 Å². The molecule has 1 heterocycles. The maximum Gasteiger partial charge on any atom is 0.115 e. The highest BCUT2D eigenvalue weighted by atomic mass is 16.3. The summed E-state index contributed by atoms with van der Waals surface area (Å²) in [4.78, 5) is 5.00. The van der Waals surface area contributed by atoms with Gasteiger partial charge in [0.2, 0.25) is 0 Å². The normalized spacial score (nSPS) is 27.6. The summed E-state index contributed by atoms with van der Waals surface area (Å²) in [5.74, 6) is 0.407. The minimum atomic E-state index is 0.407. The van der Waals surface area contributed by atoms with Gasteiger partial charge in [-0.2, -0.15) is 0 Å². The van der Waals surface area contributed by atoms with E-state index >= 15 is 0 Å². The van der Waals surface area contributed by atoms with Crippen molar-refractivity contribution in [1.29, 1.82) is 0 Å². The molecule has 2 unspecified atom stereocenters. The second-order valence-corrected chi connectivity index (χ2v) is 6.51. The molecule has 1 aliphatic carbocycles. The van der Waals surface area contributed by atoms with Gasteiger partial charge in [0.25, 0.3) is 0 Å². The number of aromatic hydroxyl groups is 1. The number of fused-ring (bicyclic) bond motifs is 1. The Bertz CT molecular complexity index is 474. The second kappa shape index (κ2) is 5.74. The van der Waals surface area contributed by atoms with Crippen molar-refractivity contribution in [1.82, 2.24) is 9.80 Å². The van der Waals surface area contributed by atoms with Gasteiger partial charge in [-0.05, 0) is 76.0 Å². The third-order valence-corrected chi connectivity index (χ3v) is 5.08. The Kier molecular flexibility index (Phi) is 3.99. The van der Waals surface area contributed by atoms with Crippen LogP contribution < -0.4 is 0 Å². The molecule has 0 amide bonds. The number of piperidine rings is 1. The van der Waals surface area contributed by atoms with Gasteiger partial charge < -0.3 is 10.0 Å². The zero-order valence-electron chi connectivity index (χ0n) is 12.7. The van der Waals surface area contributed by atoms with Gasteiger partial charge in [-0.1, -0.05) is 6.07 Å². The van der Waals surface area contributed by atoms with E-state index in [1.807, 2.05) is 12.1 Å². The van der Waals surface area contributed by atoms with Crippen LogP contribution in [0.1, 0.15) is 42.9 Å². The number of likely N-dealkylation sites (N-methyl/N-ethyl adjacent to an activating group) is 2. The molecule has 2 atom stereocenters. The van der Waals surface area contributed by atoms with Crippen LogP contribution in [0.2, 0.25) is 0 Å². The number of phenols is 1. The fourth-order valence-electron chi connectivity index (χ4n) is 3.91. The molecule has 0 spiro atoms. The molecule has 3 heteroatoms. The third kappa shape index (κ3) is 2.70. The van der Waals surface area contributed by atoms with Gasteiger partial charge in [-0.25, -0.2) is 0 Å². The number of nitrogens with zero attached hydrogens (tertiary/aromatic N) is 2. The third-order valence-electron chi connectivity index (χ3n) is 5.08. The van der Waals surface area contributed by atoms with E-state index in [0.717, 1.165) is 6.42 Å². The average Bonchev–Trinajstić information content (AvgIpc) is 2.46. The Hall–Kier alpha value is -1.06. The molecule has 2 aliphatic rings. The van der Waals surface area contributed by atoms with E-state index in [1.165, 1.54) is 49.9 Å². The summed E-state index contributed by atoms with van der Waals surface area (Å²) in [6.45, 7) is 2.40. The summed E-state index contributed by atoms with van der Waals surface area (Å²) in [5, 5.41) is 9.81. The first-order valence-corrected chi connectivity index (χ1v) is 7.87. The number of aryl methyl sites for hydroxylation is 1. The van der Waals surface area contributed by atoms with Crippen LogP contribution in [0.3, 0.4) is 0 Å². The molecule has 1 fully saturated rings. The SMILES string of the molecule is CN1CCCC(N(C)C2CCCc3ccc(O)cc32)C1. The van der Waals surface area contributed by atoms with Crippen molar-refractivity contribution in [3.8, 4) is 5.75 Å². The number of benzene rings is 1. The topological polar surface area (TPSA) is 26.7 Å². The first kappa shape index (κ1) is 13.9. The van der Waals surface area contributed by atoms with Crippen LogP contribution in [-0.2, 0) is 6.42 Å². The lowest BCUT2D eigenvalue weighted by atomic mass is 9.85. The smallest absolute Gasteiger partial charge is 0.115 e. The summed E-state index contributed by atoms with van der Waals surface area (Å²) in [7, 11) is 4.49. The molecule has 3 nitrogen and oxygen atoms in total. The molecule has 0 saturated carbocycles. The standard InChI is InChI=1S/C17H26N2O/c1-18-10-4-6-14(12-18)19(2)17-7-3-5-13-8-9-15(20)11-16(13)17/h8-9,11,14,17,20H,3-7,10,12H2,1-2H3. The maximum atomic E-state index is 9.81. The van der Waals surface area contributed by atoms with E-state index in [0.29, 0.717) is 17.8 Å². The quantitative estimate of drug-likeness (QED) is 0.898. The average molecular weight is 274 g/mol. The Morgan fingerprint density at radius 3 is 2.90 bits per heavy atom. The number of hydrogen-bond donors (Lipinski definition) is 1. The highest BCUT2D eigenvalue weighted by molar-refractivity contribution is 5.38. The monoisotopic (exact) mass is 274 g/mol. The number of phenolic OH excluding ortho intramolecular Hbond substituents is 1. The molecule has 1 N–H and O–H groups in total. The number of likely N-dealkylation sites (tertiary alicyclic amines) is 1. The van der Waals surface area contributed by atoms with Crippen LogP contribution >= 0.6 is 0 Å². The van der Waals surface area contributed by atoms with Crippen LogP contribution in [0, 0.1) is 0 Å². The molecule has 1 aromatic carbocycles. The van der Waals surface area contributed by atoms with Crippen LogP contribution in [0.25, 0.3) is 0 Å². The molecule has 3 rings (SSSR count). The van der Waals surface area contributed by atoms with E-state index in [2.05, 4.69) is 30.0 Å². The summed E-state index contributed by atoms with van der Waals surface area (Å²) >= 11 is 0. The van der Waals surface area contributed by atoms with Gasteiger partial charge in [-0.3, -0.25) is 4.90 Å². The fraction of sp³-hybridized carbons (Fsp3) is 0.647. The van der Waals surface area contributed by atoms with Gasteiger partial charge in [0.05, 0.1) is 0 Å². The second-order valence-electron chi connectivity index (χ2n) is 6.51. The summed E-state index contributed by atoms with van der Waals surface area (Å²) < 4.78 is 0. The highest BCUT2D eigenvalue weighted by Gasteiger charge is 2.30. The summed E-state index contributed by atoms with van der Waals surface area (Å²) in [6, 6.07) is 7.05. The Balaban J connectivity index is 1.82. The first-order valence-electron chi connectivity index (χ1n) is 7.87. The molecule has 0 radical (unpaired) electrons. The molecule has 20 heavy (non-hydrogen) atoms. The molecule has 0 bridgehead atoms. The van der Waals surface area contributed by atoms with Gasteiger partial charge in [0, 0.05) is 18.6 Å². The molecular weight excluding hydrogens is 248 g/mol. The fourth-order valence-corrected chi connectivity index (χ4v) is 3.91. The van der Waals surface area contributed by atoms with E-state index in [-0.39, 0.29) is 0 Å². The first-order chi connectivity index (χ1) is 9.65. The van der Waals surface area contributed by atoms with Gasteiger partial charge >= 0.3 is 0 Å². The summed E-state index contributed by atoms with van der Waals surface area (Å²) in [6.07, 6.45) is 6.23. The highest BCUT2D eigenvalue weighted by Crippen LogP contribution is 2.37. The van der Waals surface area contributed by atoms with Crippen molar-refractivity contribution in [2.45, 2.75) is 44.2 Å². The van der Waals surface area contributed by atoms with Crippen molar-refractivity contribution in [2.75, 3.05) is 27.2 Å². The predicted molar refractivity (Wildman–Crippen MR) is 82.1 cm³/mol. The van der Waals surface area contributed by atoms with Crippen LogP contribution in [-0.4, -0.2) is 48.1 Å². The Labute approximate surface area is 122 Å². The molecule has 0 aromatic heterocycles. The van der Waals surface area contributed by atoms with Gasteiger partial charge in [0.15, 0.2) is 0 Å². The van der Waals surface area contributed by atoms with Crippen LogP contribution in [0.15, 0.2) is 18.2 Å². The largest absolute Gasteiger partial charge is 0.508 e. The zero-order chi connectivity index (χ0) is 14.1. The molecular formula is C17H26N2O. The lowest BCUT2D eigenvalue weighted by Crippen LogP contribution is -2.46. The van der Waals surface area contributed by atoms with E-state index in [4.69, 9.17) is 0 Å². The van der Waals surface area contributed by atoms with Crippen molar-refractivity contribution in [3.63, 3.8) is 0 Å². The zero-order valence-corrected chi connectivity index (χ0v) is 12.7. The number of hydrogen-bond acceptors (Lipinski definition) is 3. The van der Waals surface area contributed by atoms with Crippen molar-refractivity contribution >= 4 is 0 Å². The van der Waals surface area contributed by atoms with Gasteiger partial charge in [0.1, 0.15) is 5.75 Å². The molecule has 1 aliphatic heterocycles. The van der Waals surface area contributed by atoms with Crippen molar-refractivity contribution in [3.05, 3.63) is 29.3 Å².